The lowest BCUT2D eigenvalue weighted by Gasteiger charge is -2.07. The van der Waals surface area contributed by atoms with Crippen LogP contribution in [0.15, 0.2) is 53.0 Å². The summed E-state index contributed by atoms with van der Waals surface area (Å²) in [4.78, 5) is 23.1. The summed E-state index contributed by atoms with van der Waals surface area (Å²) in [6.45, 7) is 0. The maximum atomic E-state index is 12.3. The van der Waals surface area contributed by atoms with Crippen LogP contribution in [-0.2, 0) is 4.79 Å². The molecule has 1 fully saturated rings. The maximum absolute atomic E-state index is 12.3. The minimum atomic E-state index is -0.614. The van der Waals surface area contributed by atoms with Crippen LogP contribution in [0, 0.1) is 5.92 Å². The number of primary amides is 1. The fourth-order valence-corrected chi connectivity index (χ4v) is 3.02. The third kappa shape index (κ3) is 3.90. The smallest absolute Gasteiger partial charge is 0.316 e. The number of nitrogens with two attached hydrogens (primary N) is 1. The zero-order valence-electron chi connectivity index (χ0n) is 12.3. The monoisotopic (exact) mass is 373 g/mol. The van der Waals surface area contributed by atoms with Crippen LogP contribution in [0.4, 0.5) is 16.2 Å². The van der Waals surface area contributed by atoms with Gasteiger partial charge in [0.05, 0.1) is 0 Å². The highest BCUT2D eigenvalue weighted by molar-refractivity contribution is 9.10. The number of carbonyl (C=O) groups excluding carboxylic acids is 2. The largest absolute Gasteiger partial charge is 0.351 e. The fourth-order valence-electron chi connectivity index (χ4n) is 2.60. The molecule has 23 heavy (non-hydrogen) atoms. The zero-order chi connectivity index (χ0) is 16.4. The molecule has 2 aromatic rings. The molecule has 0 bridgehead atoms. The molecule has 0 radical (unpaired) electrons. The molecule has 0 saturated heterocycles. The molecule has 0 aromatic heterocycles. The zero-order valence-corrected chi connectivity index (χ0v) is 13.8. The molecule has 0 spiro atoms. The van der Waals surface area contributed by atoms with Gasteiger partial charge >= 0.3 is 6.03 Å². The van der Waals surface area contributed by atoms with Gasteiger partial charge in [-0.15, -0.1) is 0 Å². The molecule has 2 atom stereocenters. The number of hydrogen-bond acceptors (Lipinski definition) is 2. The van der Waals surface area contributed by atoms with E-state index in [-0.39, 0.29) is 17.7 Å². The molecule has 2 unspecified atom stereocenters. The highest BCUT2D eigenvalue weighted by Gasteiger charge is 2.43. The van der Waals surface area contributed by atoms with Crippen LogP contribution in [0.25, 0.3) is 0 Å². The van der Waals surface area contributed by atoms with Crippen molar-refractivity contribution in [3.05, 3.63) is 58.6 Å². The van der Waals surface area contributed by atoms with Gasteiger partial charge in [0.25, 0.3) is 0 Å². The van der Waals surface area contributed by atoms with E-state index in [4.69, 9.17) is 5.73 Å². The number of halogens is 1. The number of amides is 3. The summed E-state index contributed by atoms with van der Waals surface area (Å²) in [5.74, 6) is 0.307. The molecule has 0 aliphatic heterocycles. The summed E-state index contributed by atoms with van der Waals surface area (Å²) in [5.41, 5.74) is 7.52. The molecule has 6 heteroatoms. The van der Waals surface area contributed by atoms with Gasteiger partial charge in [0.1, 0.15) is 0 Å². The third-order valence-electron chi connectivity index (χ3n) is 3.82. The number of urea groups is 1. The average molecular weight is 374 g/mol. The molecule has 1 aliphatic rings. The molecular weight excluding hydrogens is 358 g/mol. The Balaban J connectivity index is 1.59. The predicted molar refractivity (Wildman–Crippen MR) is 93.3 cm³/mol. The third-order valence-corrected chi connectivity index (χ3v) is 4.32. The van der Waals surface area contributed by atoms with Gasteiger partial charge in [-0.2, -0.15) is 0 Å². The Labute approximate surface area is 142 Å². The van der Waals surface area contributed by atoms with E-state index >= 15 is 0 Å². The molecule has 4 N–H and O–H groups in total. The fraction of sp³-hybridized carbons (Fsp3) is 0.176. The van der Waals surface area contributed by atoms with Gasteiger partial charge in [0.15, 0.2) is 0 Å². The second-order valence-electron chi connectivity index (χ2n) is 5.56. The van der Waals surface area contributed by atoms with E-state index in [9.17, 15) is 9.59 Å². The van der Waals surface area contributed by atoms with E-state index in [0.29, 0.717) is 11.4 Å². The lowest BCUT2D eigenvalue weighted by atomic mass is 10.1. The number of nitrogens with one attached hydrogen (secondary N) is 2. The van der Waals surface area contributed by atoms with E-state index in [2.05, 4.69) is 32.6 Å². The summed E-state index contributed by atoms with van der Waals surface area (Å²) in [5, 5.41) is 5.38. The minimum absolute atomic E-state index is 0.00715. The SMILES string of the molecule is NC(=O)Nc1ccc(NC(=O)C2CC2c2cccc(Br)c2)cc1. The first-order valence-electron chi connectivity index (χ1n) is 7.26. The van der Waals surface area contributed by atoms with Gasteiger partial charge in [-0.3, -0.25) is 4.79 Å². The molecule has 1 saturated carbocycles. The van der Waals surface area contributed by atoms with Crippen molar-refractivity contribution in [2.75, 3.05) is 10.6 Å². The molecule has 3 amide bonds. The molecule has 118 valence electrons. The Morgan fingerprint density at radius 3 is 2.30 bits per heavy atom. The summed E-state index contributed by atoms with van der Waals surface area (Å²) in [6, 6.07) is 14.3. The van der Waals surface area contributed by atoms with E-state index in [1.165, 1.54) is 5.56 Å². The van der Waals surface area contributed by atoms with Crippen molar-refractivity contribution in [1.29, 1.82) is 0 Å². The first-order valence-corrected chi connectivity index (χ1v) is 8.05. The van der Waals surface area contributed by atoms with Crippen molar-refractivity contribution in [3.63, 3.8) is 0 Å². The number of anilines is 2. The normalized spacial score (nSPS) is 19.0. The van der Waals surface area contributed by atoms with Crippen LogP contribution in [-0.4, -0.2) is 11.9 Å². The van der Waals surface area contributed by atoms with E-state index < -0.39 is 6.03 Å². The summed E-state index contributed by atoms with van der Waals surface area (Å²) in [6.07, 6.45) is 0.865. The van der Waals surface area contributed by atoms with E-state index in [1.807, 2.05) is 18.2 Å². The number of carbonyl (C=O) groups is 2. The highest BCUT2D eigenvalue weighted by atomic mass is 79.9. The highest BCUT2D eigenvalue weighted by Crippen LogP contribution is 2.48. The maximum Gasteiger partial charge on any atom is 0.316 e. The van der Waals surface area contributed by atoms with Crippen LogP contribution in [0.3, 0.4) is 0 Å². The lowest BCUT2D eigenvalue weighted by molar-refractivity contribution is -0.117. The van der Waals surface area contributed by atoms with Gasteiger partial charge in [0, 0.05) is 21.8 Å². The van der Waals surface area contributed by atoms with Crippen LogP contribution in [0.2, 0.25) is 0 Å². The van der Waals surface area contributed by atoms with Crippen molar-refractivity contribution in [3.8, 4) is 0 Å². The van der Waals surface area contributed by atoms with Gasteiger partial charge in [-0.25, -0.2) is 4.79 Å². The van der Waals surface area contributed by atoms with Crippen molar-refractivity contribution >= 4 is 39.2 Å². The van der Waals surface area contributed by atoms with Gasteiger partial charge in [-0.05, 0) is 54.3 Å². The quantitative estimate of drug-likeness (QED) is 0.763. The van der Waals surface area contributed by atoms with Crippen LogP contribution in [0.1, 0.15) is 17.9 Å². The second-order valence-corrected chi connectivity index (χ2v) is 6.48. The van der Waals surface area contributed by atoms with Gasteiger partial charge < -0.3 is 16.4 Å². The summed E-state index contributed by atoms with van der Waals surface area (Å²) in [7, 11) is 0. The second kappa shape index (κ2) is 6.42. The van der Waals surface area contributed by atoms with Crippen molar-refractivity contribution in [1.82, 2.24) is 0 Å². The minimum Gasteiger partial charge on any atom is -0.351 e. The predicted octanol–water partition coefficient (Wildman–Crippen LogP) is 3.68. The van der Waals surface area contributed by atoms with Crippen molar-refractivity contribution < 1.29 is 9.59 Å². The van der Waals surface area contributed by atoms with Gasteiger partial charge in [0.2, 0.25) is 5.91 Å². The Morgan fingerprint density at radius 2 is 1.70 bits per heavy atom. The number of rotatable bonds is 4. The van der Waals surface area contributed by atoms with Crippen LogP contribution >= 0.6 is 15.9 Å². The van der Waals surface area contributed by atoms with Crippen LogP contribution in [0.5, 0.6) is 0 Å². The Kier molecular flexibility index (Phi) is 4.34. The molecule has 5 nitrogen and oxygen atoms in total. The Morgan fingerprint density at radius 1 is 1.04 bits per heavy atom. The summed E-state index contributed by atoms with van der Waals surface area (Å²) >= 11 is 3.45. The van der Waals surface area contributed by atoms with Crippen molar-refractivity contribution in [2.45, 2.75) is 12.3 Å². The Bertz CT molecular complexity index is 746. The van der Waals surface area contributed by atoms with Crippen LogP contribution < -0.4 is 16.4 Å². The van der Waals surface area contributed by atoms with Gasteiger partial charge in [-0.1, -0.05) is 28.1 Å². The molecule has 2 aromatic carbocycles. The van der Waals surface area contributed by atoms with E-state index in [1.54, 1.807) is 24.3 Å². The first-order chi connectivity index (χ1) is 11.0. The Hall–Kier alpha value is -2.34. The molecule has 1 aliphatic carbocycles. The van der Waals surface area contributed by atoms with Crippen molar-refractivity contribution in [2.24, 2.45) is 11.7 Å². The average Bonchev–Trinajstić information content (AvgIpc) is 3.29. The first kappa shape index (κ1) is 15.6. The summed E-state index contributed by atoms with van der Waals surface area (Å²) < 4.78 is 1.03. The number of hydrogen-bond donors (Lipinski definition) is 3. The molecular formula is C17H16BrN3O2. The van der Waals surface area contributed by atoms with E-state index in [0.717, 1.165) is 10.9 Å². The molecule has 0 heterocycles. The lowest BCUT2D eigenvalue weighted by Crippen LogP contribution is -2.19. The molecule has 3 rings (SSSR count). The topological polar surface area (TPSA) is 84.2 Å². The number of benzene rings is 2. The standard InChI is InChI=1S/C17H16BrN3O2/c18-11-3-1-2-10(8-11)14-9-15(14)16(22)20-12-4-6-13(7-5-12)21-17(19)23/h1-8,14-15H,9H2,(H,20,22)(H3,19,21,23).